The molecule has 0 aliphatic heterocycles. The first-order valence-corrected chi connectivity index (χ1v) is 7.52. The van der Waals surface area contributed by atoms with Crippen LogP contribution >= 0.6 is 0 Å². The Kier molecular flexibility index (Phi) is 4.21. The van der Waals surface area contributed by atoms with E-state index in [9.17, 15) is 0 Å². The van der Waals surface area contributed by atoms with E-state index in [1.165, 1.54) is 25.7 Å². The van der Waals surface area contributed by atoms with Crippen LogP contribution in [0.3, 0.4) is 0 Å². The summed E-state index contributed by atoms with van der Waals surface area (Å²) in [6.07, 6.45) is 10.8. The molecular formula is C14H23N7. The Morgan fingerprint density at radius 2 is 2.24 bits per heavy atom. The van der Waals surface area contributed by atoms with Crippen LogP contribution in [0.5, 0.6) is 0 Å². The highest BCUT2D eigenvalue weighted by Gasteiger charge is 2.19. The molecular weight excluding hydrogens is 266 g/mol. The molecule has 1 aliphatic rings. The van der Waals surface area contributed by atoms with Crippen LogP contribution in [0.4, 0.5) is 11.6 Å². The van der Waals surface area contributed by atoms with Gasteiger partial charge in [-0.2, -0.15) is 0 Å². The van der Waals surface area contributed by atoms with Gasteiger partial charge in [0.15, 0.2) is 17.3 Å². The Labute approximate surface area is 124 Å². The maximum Gasteiger partial charge on any atom is 0.180 e. The number of imidazole rings is 1. The second kappa shape index (κ2) is 6.28. The van der Waals surface area contributed by atoms with E-state index >= 15 is 0 Å². The van der Waals surface area contributed by atoms with E-state index in [0.29, 0.717) is 5.82 Å². The van der Waals surface area contributed by atoms with Crippen molar-refractivity contribution in [3.63, 3.8) is 0 Å². The Hall–Kier alpha value is -1.86. The van der Waals surface area contributed by atoms with Crippen LogP contribution < -0.4 is 16.6 Å². The first-order chi connectivity index (χ1) is 10.3. The Morgan fingerprint density at radius 1 is 1.43 bits per heavy atom. The van der Waals surface area contributed by atoms with E-state index < -0.39 is 0 Å². The zero-order chi connectivity index (χ0) is 14.7. The molecule has 2 heterocycles. The smallest absolute Gasteiger partial charge is 0.180 e. The average molecular weight is 289 g/mol. The molecule has 0 spiro atoms. The van der Waals surface area contributed by atoms with Crippen molar-refractivity contribution in [2.75, 3.05) is 30.9 Å². The lowest BCUT2D eigenvalue weighted by atomic mass is 10.2. The quantitative estimate of drug-likeness (QED) is 0.549. The van der Waals surface area contributed by atoms with Crippen molar-refractivity contribution in [1.82, 2.24) is 19.3 Å². The highest BCUT2D eigenvalue weighted by molar-refractivity contribution is 5.65. The van der Waals surface area contributed by atoms with E-state index in [4.69, 9.17) is 5.84 Å². The predicted molar refractivity (Wildman–Crippen MR) is 84.2 cm³/mol. The van der Waals surface area contributed by atoms with Gasteiger partial charge in [-0.05, 0) is 19.9 Å². The van der Waals surface area contributed by atoms with E-state index in [1.54, 1.807) is 6.20 Å². The number of likely N-dealkylation sites (N-methyl/N-ethyl adjacent to an activating group) is 1. The van der Waals surface area contributed by atoms with E-state index in [0.717, 1.165) is 30.6 Å². The average Bonchev–Trinajstić information content (AvgIpc) is 3.17. The van der Waals surface area contributed by atoms with Crippen LogP contribution in [0.2, 0.25) is 0 Å². The fourth-order valence-corrected chi connectivity index (χ4v) is 3.00. The standard InChI is InChI=1S/C14H23N7/c1-20(11-4-2-3-5-11)8-6-16-13-14-17-7-9-21(14)10-12(18-13)19-15/h7,9-11,19H,2-6,8,15H2,1H3,(H,16,18). The van der Waals surface area contributed by atoms with Crippen LogP contribution in [0.15, 0.2) is 18.6 Å². The molecule has 0 radical (unpaired) electrons. The highest BCUT2D eigenvalue weighted by atomic mass is 15.3. The van der Waals surface area contributed by atoms with Gasteiger partial charge in [0.2, 0.25) is 0 Å². The molecule has 7 heteroatoms. The predicted octanol–water partition coefficient (Wildman–Crippen LogP) is 1.30. The highest BCUT2D eigenvalue weighted by Crippen LogP contribution is 2.22. The maximum absolute atomic E-state index is 5.46. The van der Waals surface area contributed by atoms with E-state index in [-0.39, 0.29) is 0 Å². The third kappa shape index (κ3) is 3.08. The van der Waals surface area contributed by atoms with Gasteiger partial charge < -0.3 is 20.0 Å². The Bertz CT molecular complexity index is 588. The molecule has 2 aromatic heterocycles. The number of anilines is 2. The molecule has 0 bridgehead atoms. The number of hydrogen-bond donors (Lipinski definition) is 3. The van der Waals surface area contributed by atoms with Gasteiger partial charge in [-0.25, -0.2) is 15.8 Å². The van der Waals surface area contributed by atoms with E-state index in [2.05, 4.69) is 32.7 Å². The summed E-state index contributed by atoms with van der Waals surface area (Å²) in [5.41, 5.74) is 3.40. The SMILES string of the molecule is CN(CCNc1nc(NN)cn2ccnc12)C1CCCC1. The van der Waals surface area contributed by atoms with Crippen LogP contribution in [0, 0.1) is 0 Å². The molecule has 2 aromatic rings. The second-order valence-electron chi connectivity index (χ2n) is 5.62. The van der Waals surface area contributed by atoms with Gasteiger partial charge in [-0.3, -0.25) is 0 Å². The minimum Gasteiger partial charge on any atom is -0.366 e. The van der Waals surface area contributed by atoms with Gasteiger partial charge in [0, 0.05) is 31.5 Å². The fourth-order valence-electron chi connectivity index (χ4n) is 3.00. The summed E-state index contributed by atoms with van der Waals surface area (Å²) in [5.74, 6) is 6.83. The van der Waals surface area contributed by atoms with Crippen molar-refractivity contribution >= 4 is 17.3 Å². The number of nitrogens with zero attached hydrogens (tertiary/aromatic N) is 4. The number of nitrogen functional groups attached to an aromatic ring is 1. The second-order valence-corrected chi connectivity index (χ2v) is 5.62. The van der Waals surface area contributed by atoms with Gasteiger partial charge >= 0.3 is 0 Å². The molecule has 7 nitrogen and oxygen atoms in total. The summed E-state index contributed by atoms with van der Waals surface area (Å²) in [5, 5.41) is 3.37. The third-order valence-corrected chi connectivity index (χ3v) is 4.23. The van der Waals surface area contributed by atoms with Crippen molar-refractivity contribution in [2.24, 2.45) is 5.84 Å². The van der Waals surface area contributed by atoms with Gasteiger partial charge in [0.05, 0.1) is 6.20 Å². The molecule has 114 valence electrons. The monoisotopic (exact) mass is 289 g/mol. The van der Waals surface area contributed by atoms with Crippen LogP contribution in [0.1, 0.15) is 25.7 Å². The topological polar surface area (TPSA) is 83.5 Å². The number of rotatable bonds is 6. The van der Waals surface area contributed by atoms with Gasteiger partial charge in [0.25, 0.3) is 0 Å². The largest absolute Gasteiger partial charge is 0.366 e. The lowest BCUT2D eigenvalue weighted by molar-refractivity contribution is 0.254. The summed E-state index contributed by atoms with van der Waals surface area (Å²) in [7, 11) is 2.20. The van der Waals surface area contributed by atoms with Crippen LogP contribution in [0.25, 0.3) is 5.65 Å². The number of hydrazine groups is 1. The van der Waals surface area contributed by atoms with Crippen LogP contribution in [-0.4, -0.2) is 45.4 Å². The van der Waals surface area contributed by atoms with Gasteiger partial charge in [-0.15, -0.1) is 0 Å². The first-order valence-electron chi connectivity index (χ1n) is 7.52. The van der Waals surface area contributed by atoms with Gasteiger partial charge in [0.1, 0.15) is 0 Å². The molecule has 1 saturated carbocycles. The number of hydrogen-bond acceptors (Lipinski definition) is 6. The summed E-state index contributed by atoms with van der Waals surface area (Å²) < 4.78 is 1.91. The van der Waals surface area contributed by atoms with Gasteiger partial charge in [-0.1, -0.05) is 12.8 Å². The number of nitrogens with two attached hydrogens (primary N) is 1. The summed E-state index contributed by atoms with van der Waals surface area (Å²) >= 11 is 0. The minimum absolute atomic E-state index is 0.618. The number of nitrogens with one attached hydrogen (secondary N) is 2. The summed E-state index contributed by atoms with van der Waals surface area (Å²) in [6, 6.07) is 0.739. The molecule has 4 N–H and O–H groups in total. The lowest BCUT2D eigenvalue weighted by Gasteiger charge is -2.24. The molecule has 0 atom stereocenters. The minimum atomic E-state index is 0.618. The third-order valence-electron chi connectivity index (χ3n) is 4.23. The van der Waals surface area contributed by atoms with Crippen molar-refractivity contribution in [3.05, 3.63) is 18.6 Å². The van der Waals surface area contributed by atoms with Crippen molar-refractivity contribution in [3.8, 4) is 0 Å². The van der Waals surface area contributed by atoms with Crippen molar-refractivity contribution in [1.29, 1.82) is 0 Å². The van der Waals surface area contributed by atoms with Crippen molar-refractivity contribution in [2.45, 2.75) is 31.7 Å². The first kappa shape index (κ1) is 14.1. The number of aromatic nitrogens is 3. The zero-order valence-corrected chi connectivity index (χ0v) is 12.4. The molecule has 0 aromatic carbocycles. The normalized spacial score (nSPS) is 16.0. The number of fused-ring (bicyclic) bond motifs is 1. The van der Waals surface area contributed by atoms with Crippen molar-refractivity contribution < 1.29 is 0 Å². The van der Waals surface area contributed by atoms with Crippen LogP contribution in [-0.2, 0) is 0 Å². The molecule has 21 heavy (non-hydrogen) atoms. The summed E-state index contributed by atoms with van der Waals surface area (Å²) in [4.78, 5) is 11.2. The fraction of sp³-hybridized carbons (Fsp3) is 0.571. The lowest BCUT2D eigenvalue weighted by Crippen LogP contribution is -2.33. The summed E-state index contributed by atoms with van der Waals surface area (Å²) in [6.45, 7) is 1.84. The molecule has 0 unspecified atom stereocenters. The zero-order valence-electron chi connectivity index (χ0n) is 12.4. The molecule has 0 saturated heterocycles. The Balaban J connectivity index is 1.63. The molecule has 0 amide bonds. The Morgan fingerprint density at radius 3 is 3.00 bits per heavy atom. The molecule has 1 aliphatic carbocycles. The van der Waals surface area contributed by atoms with E-state index in [1.807, 2.05) is 16.8 Å². The molecule has 1 fully saturated rings. The molecule has 3 rings (SSSR count). The maximum atomic E-state index is 5.46.